The van der Waals surface area contributed by atoms with E-state index >= 15 is 0 Å². The first-order valence-corrected chi connectivity index (χ1v) is 11.1. The van der Waals surface area contributed by atoms with Crippen LogP contribution in [0.1, 0.15) is 25.7 Å². The topological polar surface area (TPSA) is 96.6 Å². The summed E-state index contributed by atoms with van der Waals surface area (Å²) < 4.78 is 30.6. The van der Waals surface area contributed by atoms with Crippen molar-refractivity contribution in [1.82, 2.24) is 19.3 Å². The van der Waals surface area contributed by atoms with E-state index < -0.39 is 10.0 Å². The minimum Gasteiger partial charge on any atom is -0.337 e. The maximum absolute atomic E-state index is 12.7. The van der Waals surface area contributed by atoms with E-state index in [9.17, 15) is 13.2 Å². The van der Waals surface area contributed by atoms with Crippen LogP contribution in [-0.4, -0.2) is 59.6 Å². The van der Waals surface area contributed by atoms with Gasteiger partial charge in [0.15, 0.2) is 0 Å². The smallest absolute Gasteiger partial charge is 0.246 e. The minimum atomic E-state index is -3.20. The Kier molecular flexibility index (Phi) is 6.36. The van der Waals surface area contributed by atoms with Gasteiger partial charge in [-0.15, -0.1) is 0 Å². The summed E-state index contributed by atoms with van der Waals surface area (Å²) in [5.41, 5.74) is 0.776. The Morgan fingerprint density at radius 1 is 1.29 bits per heavy atom. The average molecular weight is 427 g/mol. The van der Waals surface area contributed by atoms with Crippen molar-refractivity contribution < 1.29 is 17.7 Å². The summed E-state index contributed by atoms with van der Waals surface area (Å²) in [6.07, 6.45) is 1.03. The van der Waals surface area contributed by atoms with Gasteiger partial charge < -0.3 is 9.42 Å². The molecule has 10 heteroatoms. The first kappa shape index (κ1) is 20.8. The Morgan fingerprint density at radius 2 is 1.93 bits per heavy atom. The van der Waals surface area contributed by atoms with E-state index in [0.717, 1.165) is 5.56 Å². The van der Waals surface area contributed by atoms with Crippen LogP contribution in [0.25, 0.3) is 11.4 Å². The number of carbonyl (C=O) groups is 1. The predicted molar refractivity (Wildman–Crippen MR) is 105 cm³/mol. The van der Waals surface area contributed by atoms with Crippen LogP contribution >= 0.6 is 11.6 Å². The highest BCUT2D eigenvalue weighted by molar-refractivity contribution is 7.89. The molecule has 152 valence electrons. The van der Waals surface area contributed by atoms with Crippen LogP contribution in [0.2, 0.25) is 5.02 Å². The maximum Gasteiger partial charge on any atom is 0.246 e. The summed E-state index contributed by atoms with van der Waals surface area (Å²) in [5.74, 6) is 0.614. The molecule has 0 bridgehead atoms. The van der Waals surface area contributed by atoms with Gasteiger partial charge in [-0.3, -0.25) is 4.79 Å². The first-order valence-electron chi connectivity index (χ1n) is 9.11. The molecule has 1 saturated heterocycles. The summed E-state index contributed by atoms with van der Waals surface area (Å²) in [4.78, 5) is 18.6. The highest BCUT2D eigenvalue weighted by Crippen LogP contribution is 2.23. The van der Waals surface area contributed by atoms with Crippen molar-refractivity contribution in [2.45, 2.75) is 26.3 Å². The number of nitrogens with zero attached hydrogens (tertiary/aromatic N) is 4. The molecule has 0 spiro atoms. The molecule has 1 aliphatic rings. The van der Waals surface area contributed by atoms with Gasteiger partial charge in [-0.25, -0.2) is 12.7 Å². The van der Waals surface area contributed by atoms with E-state index in [1.54, 1.807) is 43.1 Å². The van der Waals surface area contributed by atoms with Crippen molar-refractivity contribution in [1.29, 1.82) is 0 Å². The molecule has 1 aliphatic heterocycles. The van der Waals surface area contributed by atoms with E-state index in [4.69, 9.17) is 16.1 Å². The zero-order valence-corrected chi connectivity index (χ0v) is 17.4. The molecule has 0 radical (unpaired) electrons. The molecular weight excluding hydrogens is 404 g/mol. The van der Waals surface area contributed by atoms with Crippen molar-refractivity contribution >= 4 is 27.5 Å². The van der Waals surface area contributed by atoms with E-state index in [-0.39, 0.29) is 24.1 Å². The maximum atomic E-state index is 12.7. The standard InChI is InChI=1S/C18H23ClN4O4S/c1-3-28(25,26)23-10-8-14(9-11-23)18(24)22(2)12-16-20-17(21-27-16)13-4-6-15(19)7-5-13/h4-7,14H,3,8-12H2,1-2H3. The molecule has 3 rings (SSSR count). The van der Waals surface area contributed by atoms with Crippen LogP contribution in [0, 0.1) is 5.92 Å². The number of amides is 1. The minimum absolute atomic E-state index is 0.0419. The van der Waals surface area contributed by atoms with Crippen molar-refractivity contribution in [3.05, 3.63) is 35.2 Å². The summed E-state index contributed by atoms with van der Waals surface area (Å²) in [7, 11) is -1.51. The number of halogens is 1. The van der Waals surface area contributed by atoms with Gasteiger partial charge in [-0.05, 0) is 44.0 Å². The highest BCUT2D eigenvalue weighted by Gasteiger charge is 2.31. The molecule has 8 nitrogen and oxygen atoms in total. The number of carbonyl (C=O) groups excluding carboxylic acids is 1. The highest BCUT2D eigenvalue weighted by atomic mass is 35.5. The monoisotopic (exact) mass is 426 g/mol. The lowest BCUT2D eigenvalue weighted by molar-refractivity contribution is -0.136. The number of benzene rings is 1. The fourth-order valence-electron chi connectivity index (χ4n) is 3.19. The summed E-state index contributed by atoms with van der Waals surface area (Å²) in [6.45, 7) is 2.58. The van der Waals surface area contributed by atoms with Gasteiger partial charge in [0.1, 0.15) is 0 Å². The fourth-order valence-corrected chi connectivity index (χ4v) is 4.45. The fraction of sp³-hybridized carbons (Fsp3) is 0.500. The van der Waals surface area contributed by atoms with Gasteiger partial charge in [0, 0.05) is 36.6 Å². The van der Waals surface area contributed by atoms with Crippen LogP contribution < -0.4 is 0 Å². The molecule has 1 amide bonds. The lowest BCUT2D eigenvalue weighted by Crippen LogP contribution is -2.43. The second-order valence-corrected chi connectivity index (χ2v) is 9.48. The Labute approximate surface area is 169 Å². The lowest BCUT2D eigenvalue weighted by Gasteiger charge is -2.32. The largest absolute Gasteiger partial charge is 0.337 e. The number of hydrogen-bond acceptors (Lipinski definition) is 6. The van der Waals surface area contributed by atoms with E-state index in [0.29, 0.717) is 42.7 Å². The molecule has 1 aromatic carbocycles. The SMILES string of the molecule is CCS(=O)(=O)N1CCC(C(=O)N(C)Cc2nc(-c3ccc(Cl)cc3)no2)CC1. The Hall–Kier alpha value is -1.97. The van der Waals surface area contributed by atoms with Crippen molar-refractivity contribution in [3.63, 3.8) is 0 Å². The quantitative estimate of drug-likeness (QED) is 0.703. The first-order chi connectivity index (χ1) is 13.3. The summed E-state index contributed by atoms with van der Waals surface area (Å²) >= 11 is 5.88. The third kappa shape index (κ3) is 4.71. The molecule has 1 aromatic heterocycles. The van der Waals surface area contributed by atoms with Crippen LogP contribution in [0.4, 0.5) is 0 Å². The number of piperidine rings is 1. The average Bonchev–Trinajstić information content (AvgIpc) is 3.16. The predicted octanol–water partition coefficient (Wildman–Crippen LogP) is 2.41. The Balaban J connectivity index is 1.57. The van der Waals surface area contributed by atoms with Crippen LogP contribution in [0.5, 0.6) is 0 Å². The molecule has 0 unspecified atom stereocenters. The molecule has 0 aliphatic carbocycles. The van der Waals surface area contributed by atoms with Gasteiger partial charge in [0.05, 0.1) is 12.3 Å². The van der Waals surface area contributed by atoms with Crippen LogP contribution in [-0.2, 0) is 21.4 Å². The lowest BCUT2D eigenvalue weighted by atomic mass is 9.97. The molecule has 2 heterocycles. The Bertz CT molecular complexity index is 921. The van der Waals surface area contributed by atoms with Gasteiger partial charge in [-0.2, -0.15) is 4.98 Å². The molecule has 0 saturated carbocycles. The third-order valence-electron chi connectivity index (χ3n) is 4.88. The van der Waals surface area contributed by atoms with E-state index in [2.05, 4.69) is 10.1 Å². The van der Waals surface area contributed by atoms with Crippen molar-refractivity contribution in [2.24, 2.45) is 5.92 Å². The van der Waals surface area contributed by atoms with Crippen LogP contribution in [0.3, 0.4) is 0 Å². The zero-order chi connectivity index (χ0) is 20.3. The Morgan fingerprint density at radius 3 is 2.54 bits per heavy atom. The molecule has 28 heavy (non-hydrogen) atoms. The normalized spacial score (nSPS) is 16.2. The van der Waals surface area contributed by atoms with Gasteiger partial charge in [0.25, 0.3) is 0 Å². The molecule has 0 N–H and O–H groups in total. The second-order valence-electron chi connectivity index (χ2n) is 6.79. The van der Waals surface area contributed by atoms with Gasteiger partial charge in [0.2, 0.25) is 27.6 Å². The zero-order valence-electron chi connectivity index (χ0n) is 15.8. The van der Waals surface area contributed by atoms with Crippen LogP contribution in [0.15, 0.2) is 28.8 Å². The van der Waals surface area contributed by atoms with Crippen molar-refractivity contribution in [3.8, 4) is 11.4 Å². The molecule has 2 aromatic rings. The number of aromatic nitrogens is 2. The number of rotatable bonds is 6. The van der Waals surface area contributed by atoms with E-state index in [1.807, 2.05) is 0 Å². The van der Waals surface area contributed by atoms with Gasteiger partial charge >= 0.3 is 0 Å². The molecular formula is C18H23ClN4O4S. The molecule has 1 fully saturated rings. The number of sulfonamides is 1. The van der Waals surface area contributed by atoms with E-state index in [1.165, 1.54) is 4.31 Å². The summed E-state index contributed by atoms with van der Waals surface area (Å²) in [6, 6.07) is 7.08. The molecule has 0 atom stereocenters. The van der Waals surface area contributed by atoms with Crippen molar-refractivity contribution in [2.75, 3.05) is 25.9 Å². The second kappa shape index (κ2) is 8.59. The summed E-state index contributed by atoms with van der Waals surface area (Å²) in [5, 5.41) is 4.57. The third-order valence-corrected chi connectivity index (χ3v) is 7.01. The number of hydrogen-bond donors (Lipinski definition) is 0. The van der Waals surface area contributed by atoms with Gasteiger partial charge in [-0.1, -0.05) is 16.8 Å².